The van der Waals surface area contributed by atoms with E-state index in [1.54, 1.807) is 0 Å². The lowest BCUT2D eigenvalue weighted by molar-refractivity contribution is 0.683. The first-order valence-electron chi connectivity index (χ1n) is 7.56. The summed E-state index contributed by atoms with van der Waals surface area (Å²) in [5, 5.41) is 4.91. The third-order valence-electron chi connectivity index (χ3n) is 4.19. The topological polar surface area (TPSA) is 27.8 Å². The fourth-order valence-corrected chi connectivity index (χ4v) is 2.90. The lowest BCUT2D eigenvalue weighted by atomic mass is 10.0. The zero-order valence-electron chi connectivity index (χ0n) is 12.7. The van der Waals surface area contributed by atoms with E-state index in [0.29, 0.717) is 0 Å². The molecule has 0 radical (unpaired) electrons. The van der Waals surface area contributed by atoms with Gasteiger partial charge in [-0.2, -0.15) is 0 Å². The molecule has 2 heteroatoms. The molecule has 2 N–H and O–H groups in total. The van der Waals surface area contributed by atoms with E-state index in [0.717, 1.165) is 19.5 Å². The van der Waals surface area contributed by atoms with Crippen LogP contribution in [0.3, 0.4) is 0 Å². The molecular weight excluding hydrogens is 256 g/mol. The van der Waals surface area contributed by atoms with Gasteiger partial charge in [-0.25, -0.2) is 0 Å². The van der Waals surface area contributed by atoms with Gasteiger partial charge in [0.25, 0.3) is 0 Å². The smallest absolute Gasteiger partial charge is 0.0456 e. The third kappa shape index (κ3) is 3.01. The number of rotatable bonds is 5. The molecule has 0 aliphatic rings. The zero-order valence-corrected chi connectivity index (χ0v) is 12.7. The van der Waals surface area contributed by atoms with E-state index in [4.69, 9.17) is 0 Å². The molecule has 0 fully saturated rings. The highest BCUT2D eigenvalue weighted by Crippen LogP contribution is 2.18. The fourth-order valence-electron chi connectivity index (χ4n) is 2.90. The molecule has 0 amide bonds. The van der Waals surface area contributed by atoms with Crippen molar-refractivity contribution < 1.29 is 0 Å². The largest absolute Gasteiger partial charge is 0.361 e. The maximum Gasteiger partial charge on any atom is 0.0456 e. The number of benzene rings is 2. The van der Waals surface area contributed by atoms with Crippen LogP contribution in [0.1, 0.15) is 22.3 Å². The third-order valence-corrected chi connectivity index (χ3v) is 4.19. The van der Waals surface area contributed by atoms with Crippen LogP contribution in [0.2, 0.25) is 0 Å². The van der Waals surface area contributed by atoms with Crippen LogP contribution in [0.5, 0.6) is 0 Å². The molecular formula is C19H22N2. The van der Waals surface area contributed by atoms with Gasteiger partial charge in [-0.05, 0) is 55.1 Å². The Labute approximate surface area is 126 Å². The van der Waals surface area contributed by atoms with E-state index in [1.165, 1.54) is 33.2 Å². The van der Waals surface area contributed by atoms with E-state index in [9.17, 15) is 0 Å². The number of H-pyrrole nitrogens is 1. The van der Waals surface area contributed by atoms with Gasteiger partial charge in [0.05, 0.1) is 0 Å². The summed E-state index contributed by atoms with van der Waals surface area (Å²) in [6, 6.07) is 15.0. The van der Waals surface area contributed by atoms with Gasteiger partial charge in [-0.3, -0.25) is 0 Å². The second kappa shape index (κ2) is 6.15. The van der Waals surface area contributed by atoms with E-state index in [-0.39, 0.29) is 0 Å². The Morgan fingerprint density at radius 1 is 0.952 bits per heavy atom. The number of nitrogens with one attached hydrogen (secondary N) is 2. The summed E-state index contributed by atoms with van der Waals surface area (Å²) >= 11 is 0. The maximum absolute atomic E-state index is 3.57. The monoisotopic (exact) mass is 278 g/mol. The highest BCUT2D eigenvalue weighted by atomic mass is 14.8. The number of para-hydroxylation sites is 1. The van der Waals surface area contributed by atoms with Crippen LogP contribution >= 0.6 is 0 Å². The molecule has 0 aliphatic carbocycles. The number of hydrogen-bond donors (Lipinski definition) is 2. The molecule has 1 aromatic heterocycles. The average molecular weight is 278 g/mol. The molecule has 21 heavy (non-hydrogen) atoms. The van der Waals surface area contributed by atoms with Crippen LogP contribution < -0.4 is 5.32 Å². The summed E-state index contributed by atoms with van der Waals surface area (Å²) in [4.78, 5) is 3.34. The molecule has 0 aliphatic heterocycles. The molecule has 0 spiro atoms. The van der Waals surface area contributed by atoms with Crippen LogP contribution in [0.15, 0.2) is 48.7 Å². The number of aromatic nitrogens is 1. The quantitative estimate of drug-likeness (QED) is 0.675. The van der Waals surface area contributed by atoms with Gasteiger partial charge < -0.3 is 10.3 Å². The van der Waals surface area contributed by atoms with Gasteiger partial charge >= 0.3 is 0 Å². The van der Waals surface area contributed by atoms with Crippen LogP contribution in [0.25, 0.3) is 10.9 Å². The number of aromatic amines is 1. The van der Waals surface area contributed by atoms with Crippen molar-refractivity contribution in [3.8, 4) is 0 Å². The van der Waals surface area contributed by atoms with Gasteiger partial charge in [0.2, 0.25) is 0 Å². The Hall–Kier alpha value is -2.06. The SMILES string of the molecule is Cc1cccc(C)c1CNCCc1c[nH]c2ccccc12. The molecule has 0 atom stereocenters. The van der Waals surface area contributed by atoms with Gasteiger partial charge in [-0.15, -0.1) is 0 Å². The number of aryl methyl sites for hydroxylation is 2. The predicted octanol–water partition coefficient (Wildman–Crippen LogP) is 4.12. The summed E-state index contributed by atoms with van der Waals surface area (Å²) in [7, 11) is 0. The van der Waals surface area contributed by atoms with Crippen molar-refractivity contribution in [2.75, 3.05) is 6.54 Å². The van der Waals surface area contributed by atoms with E-state index in [2.05, 4.69) is 72.8 Å². The number of fused-ring (bicyclic) bond motifs is 1. The van der Waals surface area contributed by atoms with Gasteiger partial charge in [-0.1, -0.05) is 36.4 Å². The molecule has 3 aromatic rings. The standard InChI is InChI=1S/C19H22N2/c1-14-6-5-7-15(2)18(14)13-20-11-10-16-12-21-19-9-4-3-8-17(16)19/h3-9,12,20-21H,10-11,13H2,1-2H3. The molecule has 2 aromatic carbocycles. The first-order valence-corrected chi connectivity index (χ1v) is 7.56. The van der Waals surface area contributed by atoms with Crippen LogP contribution in [0.4, 0.5) is 0 Å². The minimum atomic E-state index is 0.945. The molecule has 0 saturated heterocycles. The van der Waals surface area contributed by atoms with Crippen molar-refractivity contribution in [3.05, 3.63) is 70.9 Å². The Morgan fingerprint density at radius 2 is 1.71 bits per heavy atom. The molecule has 108 valence electrons. The van der Waals surface area contributed by atoms with Gasteiger partial charge in [0.1, 0.15) is 0 Å². The first kappa shape index (κ1) is 13.9. The van der Waals surface area contributed by atoms with Crippen LogP contribution in [-0.4, -0.2) is 11.5 Å². The van der Waals surface area contributed by atoms with E-state index >= 15 is 0 Å². The Bertz CT molecular complexity index is 720. The van der Waals surface area contributed by atoms with Crippen molar-refractivity contribution in [2.24, 2.45) is 0 Å². The Balaban J connectivity index is 1.59. The normalized spacial score (nSPS) is 11.1. The highest BCUT2D eigenvalue weighted by molar-refractivity contribution is 5.83. The lowest BCUT2D eigenvalue weighted by Crippen LogP contribution is -2.18. The minimum Gasteiger partial charge on any atom is -0.361 e. The molecule has 0 saturated carbocycles. The van der Waals surface area contributed by atoms with E-state index in [1.807, 2.05) is 0 Å². The van der Waals surface area contributed by atoms with E-state index < -0.39 is 0 Å². The maximum atomic E-state index is 3.57. The highest BCUT2D eigenvalue weighted by Gasteiger charge is 2.04. The minimum absolute atomic E-state index is 0.945. The molecule has 0 bridgehead atoms. The molecule has 0 unspecified atom stereocenters. The molecule has 3 rings (SSSR count). The predicted molar refractivity (Wildman–Crippen MR) is 89.6 cm³/mol. The van der Waals surface area contributed by atoms with Crippen molar-refractivity contribution in [1.82, 2.24) is 10.3 Å². The van der Waals surface area contributed by atoms with Crippen molar-refractivity contribution in [3.63, 3.8) is 0 Å². The van der Waals surface area contributed by atoms with Gasteiger partial charge in [0, 0.05) is 23.6 Å². The summed E-state index contributed by atoms with van der Waals surface area (Å²) in [6.07, 6.45) is 3.18. The number of hydrogen-bond acceptors (Lipinski definition) is 1. The Kier molecular flexibility index (Phi) is 4.07. The molecule has 2 nitrogen and oxygen atoms in total. The van der Waals surface area contributed by atoms with Crippen molar-refractivity contribution in [1.29, 1.82) is 0 Å². The van der Waals surface area contributed by atoms with Crippen molar-refractivity contribution >= 4 is 10.9 Å². The zero-order chi connectivity index (χ0) is 14.7. The Morgan fingerprint density at radius 3 is 2.52 bits per heavy atom. The fraction of sp³-hybridized carbons (Fsp3) is 0.263. The van der Waals surface area contributed by atoms with Crippen LogP contribution in [0, 0.1) is 13.8 Å². The van der Waals surface area contributed by atoms with Gasteiger partial charge in [0.15, 0.2) is 0 Å². The van der Waals surface area contributed by atoms with Crippen molar-refractivity contribution in [2.45, 2.75) is 26.8 Å². The summed E-state index contributed by atoms with van der Waals surface area (Å²) in [6.45, 7) is 6.31. The lowest BCUT2D eigenvalue weighted by Gasteiger charge is -2.10. The summed E-state index contributed by atoms with van der Waals surface area (Å²) in [5.41, 5.74) is 6.78. The summed E-state index contributed by atoms with van der Waals surface area (Å²) < 4.78 is 0. The van der Waals surface area contributed by atoms with Crippen LogP contribution in [-0.2, 0) is 13.0 Å². The second-order valence-corrected chi connectivity index (χ2v) is 5.66. The summed E-state index contributed by atoms with van der Waals surface area (Å²) in [5.74, 6) is 0. The first-order chi connectivity index (χ1) is 10.3. The molecule has 1 heterocycles. The average Bonchev–Trinajstić information content (AvgIpc) is 2.89. The second-order valence-electron chi connectivity index (χ2n) is 5.66.